The van der Waals surface area contributed by atoms with Crippen molar-refractivity contribution in [3.8, 4) is 0 Å². The second-order valence-corrected chi connectivity index (χ2v) is 6.34. The number of esters is 2. The molecule has 27 heavy (non-hydrogen) atoms. The maximum atomic E-state index is 12.1. The van der Waals surface area contributed by atoms with Gasteiger partial charge in [0.25, 0.3) is 0 Å². The van der Waals surface area contributed by atoms with Crippen molar-refractivity contribution in [1.82, 2.24) is 9.55 Å². The van der Waals surface area contributed by atoms with Gasteiger partial charge in [0.2, 0.25) is 11.5 Å². The Bertz CT molecular complexity index is 828. The molecular formula is C17H21N3O7. The molecular weight excluding hydrogens is 358 g/mol. The van der Waals surface area contributed by atoms with Crippen LogP contribution < -0.4 is 11.0 Å². The maximum Gasteiger partial charge on any atom is 0.351 e. The number of hydrogen-bond acceptors (Lipinski definition) is 8. The van der Waals surface area contributed by atoms with Crippen molar-refractivity contribution >= 4 is 23.7 Å². The van der Waals surface area contributed by atoms with Gasteiger partial charge in [-0.25, -0.2) is 9.59 Å². The van der Waals surface area contributed by atoms with E-state index < -0.39 is 35.6 Å². The maximum absolute atomic E-state index is 12.1. The van der Waals surface area contributed by atoms with Crippen molar-refractivity contribution in [3.63, 3.8) is 0 Å². The summed E-state index contributed by atoms with van der Waals surface area (Å²) < 4.78 is 16.9. The highest BCUT2D eigenvalue weighted by atomic mass is 16.6. The molecule has 2 rings (SSSR count). The van der Waals surface area contributed by atoms with Gasteiger partial charge >= 0.3 is 17.6 Å². The van der Waals surface area contributed by atoms with Gasteiger partial charge in [-0.1, -0.05) is 6.08 Å². The molecule has 0 aliphatic carbocycles. The first-order valence-electron chi connectivity index (χ1n) is 8.16. The Balaban J connectivity index is 1.93. The molecule has 0 fully saturated rings. The Kier molecular flexibility index (Phi) is 6.11. The van der Waals surface area contributed by atoms with Gasteiger partial charge in [-0.2, -0.15) is 4.98 Å². The zero-order valence-corrected chi connectivity index (χ0v) is 15.4. The Labute approximate surface area is 155 Å². The van der Waals surface area contributed by atoms with Crippen LogP contribution in [-0.4, -0.2) is 45.7 Å². The van der Waals surface area contributed by atoms with Crippen LogP contribution in [0.2, 0.25) is 0 Å². The number of anilines is 1. The van der Waals surface area contributed by atoms with Crippen molar-refractivity contribution < 1.29 is 28.6 Å². The third-order valence-electron chi connectivity index (χ3n) is 3.48. The van der Waals surface area contributed by atoms with Gasteiger partial charge in [-0.05, 0) is 26.0 Å². The second-order valence-electron chi connectivity index (χ2n) is 6.34. The minimum Gasteiger partial charge on any atom is -0.460 e. The smallest absolute Gasteiger partial charge is 0.351 e. The van der Waals surface area contributed by atoms with E-state index in [0.717, 1.165) is 0 Å². The molecule has 2 atom stereocenters. The van der Waals surface area contributed by atoms with Gasteiger partial charge in [0.1, 0.15) is 18.5 Å². The number of nitrogens with one attached hydrogen (secondary N) is 1. The van der Waals surface area contributed by atoms with Crippen LogP contribution in [0.4, 0.5) is 5.82 Å². The van der Waals surface area contributed by atoms with E-state index in [1.807, 2.05) is 0 Å². The van der Waals surface area contributed by atoms with E-state index in [2.05, 4.69) is 10.3 Å². The van der Waals surface area contributed by atoms with Crippen molar-refractivity contribution in [2.24, 2.45) is 0 Å². The van der Waals surface area contributed by atoms with Crippen LogP contribution >= 0.6 is 0 Å². The Morgan fingerprint density at radius 2 is 2.00 bits per heavy atom. The summed E-state index contributed by atoms with van der Waals surface area (Å²) in [5.41, 5.74) is -2.02. The molecule has 0 saturated heterocycles. The SMILES string of the molecule is CC(=O)Nc1ccn([C@H]2C=C[C@@H](COC(=O)C(C)(C)OC(C)=O)O2)c(=O)n1. The number of rotatable bonds is 6. The number of nitrogens with zero attached hydrogens (tertiary/aromatic N) is 2. The third kappa shape index (κ3) is 5.48. The molecule has 10 nitrogen and oxygen atoms in total. The monoisotopic (exact) mass is 379 g/mol. The zero-order chi connectivity index (χ0) is 20.2. The molecule has 0 bridgehead atoms. The quantitative estimate of drug-likeness (QED) is 0.561. The van der Waals surface area contributed by atoms with Crippen LogP contribution in [-0.2, 0) is 28.6 Å². The normalized spacial score (nSPS) is 18.8. The number of aromatic nitrogens is 2. The molecule has 0 aromatic carbocycles. The molecule has 1 amide bonds. The summed E-state index contributed by atoms with van der Waals surface area (Å²) in [6.07, 6.45) is 3.41. The largest absolute Gasteiger partial charge is 0.460 e. The second kappa shape index (κ2) is 8.12. The van der Waals surface area contributed by atoms with Gasteiger partial charge in [-0.15, -0.1) is 0 Å². The van der Waals surface area contributed by atoms with Gasteiger partial charge in [0.05, 0.1) is 0 Å². The summed E-state index contributed by atoms with van der Waals surface area (Å²) in [5, 5.41) is 2.42. The van der Waals surface area contributed by atoms with E-state index in [1.165, 1.54) is 44.5 Å². The lowest BCUT2D eigenvalue weighted by atomic mass is 10.1. The molecule has 1 aliphatic rings. The zero-order valence-electron chi connectivity index (χ0n) is 15.4. The molecule has 0 spiro atoms. The topological polar surface area (TPSA) is 126 Å². The van der Waals surface area contributed by atoms with E-state index in [-0.39, 0.29) is 18.3 Å². The Morgan fingerprint density at radius 3 is 2.59 bits per heavy atom. The lowest BCUT2D eigenvalue weighted by Gasteiger charge is -2.23. The van der Waals surface area contributed by atoms with E-state index in [1.54, 1.807) is 12.2 Å². The summed E-state index contributed by atoms with van der Waals surface area (Å²) in [5.74, 6) is -1.50. The van der Waals surface area contributed by atoms with Crippen molar-refractivity contribution in [1.29, 1.82) is 0 Å². The Hall–Kier alpha value is -3.01. The summed E-state index contributed by atoms with van der Waals surface area (Å²) in [7, 11) is 0. The molecule has 1 aromatic heterocycles. The van der Waals surface area contributed by atoms with E-state index in [9.17, 15) is 19.2 Å². The predicted molar refractivity (Wildman–Crippen MR) is 92.7 cm³/mol. The van der Waals surface area contributed by atoms with E-state index >= 15 is 0 Å². The van der Waals surface area contributed by atoms with Crippen LogP contribution in [0.3, 0.4) is 0 Å². The van der Waals surface area contributed by atoms with Gasteiger partial charge in [-0.3, -0.25) is 14.2 Å². The highest BCUT2D eigenvalue weighted by Crippen LogP contribution is 2.21. The van der Waals surface area contributed by atoms with Gasteiger partial charge < -0.3 is 19.5 Å². The van der Waals surface area contributed by atoms with E-state index in [0.29, 0.717) is 0 Å². The summed E-state index contributed by atoms with van der Waals surface area (Å²) in [6.45, 7) is 5.25. The fraction of sp³-hybridized carbons (Fsp3) is 0.471. The van der Waals surface area contributed by atoms with Crippen LogP contribution in [0.5, 0.6) is 0 Å². The molecule has 1 aromatic rings. The average Bonchev–Trinajstić information content (AvgIpc) is 2.99. The summed E-state index contributed by atoms with van der Waals surface area (Å²) >= 11 is 0. The van der Waals surface area contributed by atoms with Gasteiger partial charge in [0, 0.05) is 20.0 Å². The number of ether oxygens (including phenoxy) is 3. The minimum atomic E-state index is -1.41. The van der Waals surface area contributed by atoms with Crippen LogP contribution in [0.25, 0.3) is 0 Å². The number of amides is 1. The van der Waals surface area contributed by atoms with Crippen LogP contribution in [0.15, 0.2) is 29.2 Å². The van der Waals surface area contributed by atoms with Crippen molar-refractivity contribution in [2.75, 3.05) is 11.9 Å². The molecule has 0 radical (unpaired) electrons. The fourth-order valence-electron chi connectivity index (χ4n) is 2.33. The van der Waals surface area contributed by atoms with Crippen molar-refractivity contribution in [3.05, 3.63) is 34.9 Å². The predicted octanol–water partition coefficient (Wildman–Crippen LogP) is 0.540. The summed E-state index contributed by atoms with van der Waals surface area (Å²) in [4.78, 5) is 49.8. The highest BCUT2D eigenvalue weighted by Gasteiger charge is 2.34. The summed E-state index contributed by atoms with van der Waals surface area (Å²) in [6, 6.07) is 1.47. The molecule has 0 saturated carbocycles. The number of carbonyl (C=O) groups is 3. The van der Waals surface area contributed by atoms with Crippen LogP contribution in [0.1, 0.15) is 33.9 Å². The molecule has 1 N–H and O–H groups in total. The van der Waals surface area contributed by atoms with Crippen molar-refractivity contribution in [2.45, 2.75) is 45.6 Å². The molecule has 146 valence electrons. The molecule has 0 unspecified atom stereocenters. The minimum absolute atomic E-state index is 0.108. The van der Waals surface area contributed by atoms with Crippen LogP contribution in [0, 0.1) is 0 Å². The first-order valence-corrected chi connectivity index (χ1v) is 8.16. The van der Waals surface area contributed by atoms with E-state index in [4.69, 9.17) is 14.2 Å². The number of hydrogen-bond donors (Lipinski definition) is 1. The third-order valence-corrected chi connectivity index (χ3v) is 3.48. The molecule has 1 aliphatic heterocycles. The fourth-order valence-corrected chi connectivity index (χ4v) is 2.33. The first kappa shape index (κ1) is 20.3. The first-order chi connectivity index (χ1) is 12.6. The standard InChI is InChI=1S/C17H21N3O7/c1-10(21)18-13-7-8-20(16(24)19-13)14-6-5-12(26-14)9-25-15(23)17(3,4)27-11(2)22/h5-8,12,14H,9H2,1-4H3,(H,18,19,21,24)/t12-,14+/m0/s1. The Morgan fingerprint density at radius 1 is 1.30 bits per heavy atom. The number of carbonyl (C=O) groups excluding carboxylic acids is 3. The lowest BCUT2D eigenvalue weighted by Crippen LogP contribution is -2.39. The average molecular weight is 379 g/mol. The molecule has 10 heteroatoms. The highest BCUT2D eigenvalue weighted by molar-refractivity contribution is 5.87. The lowest BCUT2D eigenvalue weighted by molar-refractivity contribution is -0.179. The molecule has 2 heterocycles. The van der Waals surface area contributed by atoms with Gasteiger partial charge in [0.15, 0.2) is 6.23 Å².